The summed E-state index contributed by atoms with van der Waals surface area (Å²) in [4.78, 5) is 4.70. The first-order valence-corrected chi connectivity index (χ1v) is 38.3. The molecule has 0 radical (unpaired) electrons. The van der Waals surface area contributed by atoms with Crippen molar-refractivity contribution >= 4 is 204 Å². The van der Waals surface area contributed by atoms with Crippen LogP contribution in [-0.4, -0.2) is 0 Å². The number of benzene rings is 16. The van der Waals surface area contributed by atoms with Crippen LogP contribution < -0.4 is 9.80 Å². The molecular formula is C96H58N2O2S4. The van der Waals surface area contributed by atoms with Crippen molar-refractivity contribution < 1.29 is 8.83 Å². The van der Waals surface area contributed by atoms with E-state index in [0.717, 1.165) is 78.0 Å². The molecule has 0 unspecified atom stereocenters. The van der Waals surface area contributed by atoms with Crippen LogP contribution in [0.15, 0.2) is 361 Å². The van der Waals surface area contributed by atoms with Gasteiger partial charge < -0.3 is 18.6 Å². The van der Waals surface area contributed by atoms with Crippen molar-refractivity contribution in [3.63, 3.8) is 0 Å². The van der Waals surface area contributed by atoms with Crippen LogP contribution in [0, 0.1) is 0 Å². The molecule has 6 aromatic heterocycles. The predicted octanol–water partition coefficient (Wildman–Crippen LogP) is 30.3. The highest BCUT2D eigenvalue weighted by molar-refractivity contribution is 7.27. The van der Waals surface area contributed by atoms with Crippen molar-refractivity contribution in [1.29, 1.82) is 0 Å². The van der Waals surface area contributed by atoms with E-state index in [4.69, 9.17) is 8.83 Å². The quantitative estimate of drug-likeness (QED) is 0.137. The Hall–Kier alpha value is -12.4. The molecule has 0 fully saturated rings. The molecule has 16 aromatic carbocycles. The van der Waals surface area contributed by atoms with Gasteiger partial charge in [-0.15, -0.1) is 45.3 Å². The van der Waals surface area contributed by atoms with Crippen LogP contribution in [0.1, 0.15) is 0 Å². The van der Waals surface area contributed by atoms with Crippen LogP contribution in [-0.2, 0) is 0 Å². The minimum atomic E-state index is 0.874. The molecule has 0 saturated heterocycles. The molecule has 0 atom stereocenters. The highest BCUT2D eigenvalue weighted by Gasteiger charge is 2.24. The third kappa shape index (κ3) is 10.0. The molecule has 104 heavy (non-hydrogen) atoms. The van der Waals surface area contributed by atoms with Crippen molar-refractivity contribution in [2.45, 2.75) is 0 Å². The normalized spacial score (nSPS) is 11.8. The Morgan fingerprint density at radius 1 is 0.192 bits per heavy atom. The Balaban J connectivity index is 0.000000134. The number of fused-ring (bicyclic) bond motifs is 18. The van der Waals surface area contributed by atoms with E-state index in [1.165, 1.54) is 125 Å². The first kappa shape index (κ1) is 60.4. The molecule has 0 saturated carbocycles. The van der Waals surface area contributed by atoms with Gasteiger partial charge in [0.2, 0.25) is 0 Å². The van der Waals surface area contributed by atoms with E-state index in [-0.39, 0.29) is 0 Å². The van der Waals surface area contributed by atoms with E-state index >= 15 is 0 Å². The second-order valence-electron chi connectivity index (χ2n) is 26.5. The predicted molar refractivity (Wildman–Crippen MR) is 450 cm³/mol. The summed E-state index contributed by atoms with van der Waals surface area (Å²) in [5.74, 6) is 0. The molecular weight excluding hydrogens is 1340 g/mol. The van der Waals surface area contributed by atoms with Crippen molar-refractivity contribution in [3.05, 3.63) is 352 Å². The zero-order chi connectivity index (χ0) is 68.3. The molecule has 488 valence electrons. The van der Waals surface area contributed by atoms with Gasteiger partial charge in [-0.05, 0) is 172 Å². The number of para-hydroxylation sites is 4. The zero-order valence-corrected chi connectivity index (χ0v) is 59.1. The van der Waals surface area contributed by atoms with E-state index in [1.54, 1.807) is 0 Å². The summed E-state index contributed by atoms with van der Waals surface area (Å²) in [6, 6.07) is 127. The van der Waals surface area contributed by atoms with Crippen molar-refractivity contribution in [3.8, 4) is 44.5 Å². The molecule has 4 nitrogen and oxygen atoms in total. The summed E-state index contributed by atoms with van der Waals surface area (Å²) in [5.41, 5.74) is 19.5. The second-order valence-corrected chi connectivity index (χ2v) is 30.8. The lowest BCUT2D eigenvalue weighted by atomic mass is 9.98. The van der Waals surface area contributed by atoms with Crippen LogP contribution in [0.25, 0.3) is 169 Å². The summed E-state index contributed by atoms with van der Waals surface area (Å²) in [6.07, 6.45) is 0. The van der Waals surface area contributed by atoms with Gasteiger partial charge in [0.25, 0.3) is 0 Å². The molecule has 22 aromatic rings. The zero-order valence-electron chi connectivity index (χ0n) is 55.8. The minimum Gasteiger partial charge on any atom is -0.454 e. The first-order chi connectivity index (χ1) is 51.5. The topological polar surface area (TPSA) is 32.8 Å². The van der Waals surface area contributed by atoms with Crippen molar-refractivity contribution in [2.24, 2.45) is 0 Å². The molecule has 0 bridgehead atoms. The first-order valence-electron chi connectivity index (χ1n) is 35.0. The van der Waals surface area contributed by atoms with Gasteiger partial charge in [0.05, 0.1) is 11.4 Å². The van der Waals surface area contributed by atoms with Gasteiger partial charge in [0.15, 0.2) is 11.2 Å². The Labute approximate surface area is 614 Å². The lowest BCUT2D eigenvalue weighted by Gasteiger charge is -2.26. The lowest BCUT2D eigenvalue weighted by molar-refractivity contribution is 0.668. The molecule has 0 aliphatic heterocycles. The third-order valence-electron chi connectivity index (χ3n) is 20.6. The molecule has 0 N–H and O–H groups in total. The molecule has 8 heteroatoms. The van der Waals surface area contributed by atoms with Gasteiger partial charge >= 0.3 is 0 Å². The Morgan fingerprint density at radius 2 is 0.519 bits per heavy atom. The molecule has 0 amide bonds. The minimum absolute atomic E-state index is 0.874. The van der Waals surface area contributed by atoms with E-state index in [1.807, 2.05) is 57.5 Å². The molecule has 0 spiro atoms. The van der Waals surface area contributed by atoms with E-state index in [0.29, 0.717) is 0 Å². The second kappa shape index (κ2) is 24.7. The Kier molecular flexibility index (Phi) is 14.3. The number of hydrogen-bond donors (Lipinski definition) is 0. The Bertz CT molecular complexity index is 7150. The lowest BCUT2D eigenvalue weighted by Crippen LogP contribution is -2.10. The summed E-state index contributed by atoms with van der Waals surface area (Å²) in [7, 11) is 0. The molecule has 0 aliphatic carbocycles. The van der Waals surface area contributed by atoms with E-state index in [2.05, 4.69) is 350 Å². The highest BCUT2D eigenvalue weighted by Crippen LogP contribution is 2.50. The number of rotatable bonds is 10. The monoisotopic (exact) mass is 1400 g/mol. The standard InChI is InChI=1S/2C48H29NOS2/c1-4-20-41-36(13-1)37-18-8-19-40(48(37)50-41)49(32-27-25-30(26-28-32)34-16-9-23-44-46(34)38-14-2-5-21-42(38)51-44)33-12-7-11-31(29-33)35-17-10-24-45-47(35)39-15-3-6-22-43(39)52-45;1-4-18-42-36(12-1)38-16-8-17-41(48(38)50-42)49(33-25-22-30(23-26-33)35-15-9-21-46-47(35)39-14-3-6-20-44(39)52-46)34-11-7-10-31(28-34)32-24-27-45-40(29-32)37-13-2-5-19-43(37)51-45/h2*1-29H. The summed E-state index contributed by atoms with van der Waals surface area (Å²) >= 11 is 7.43. The smallest absolute Gasteiger partial charge is 0.159 e. The molecule has 0 aliphatic rings. The summed E-state index contributed by atoms with van der Waals surface area (Å²) in [6.45, 7) is 0. The SMILES string of the molecule is c1cc(-c2ccc3sc4ccccc4c3c2)cc(N(c2ccc(-c3cccc4sc5ccccc5c34)cc2)c2cccc3c2oc2ccccc23)c1.c1cc(-c2cccc3sc4ccccc4c23)cc(N(c2ccc(-c3cccc4sc5ccccc5c34)cc2)c2cccc3c2oc2ccccc23)c1. The largest absolute Gasteiger partial charge is 0.454 e. The van der Waals surface area contributed by atoms with Crippen molar-refractivity contribution in [1.82, 2.24) is 0 Å². The maximum absolute atomic E-state index is 6.65. The van der Waals surface area contributed by atoms with Crippen LogP contribution in [0.2, 0.25) is 0 Å². The van der Waals surface area contributed by atoms with E-state index < -0.39 is 0 Å². The van der Waals surface area contributed by atoms with Crippen LogP contribution in [0.3, 0.4) is 0 Å². The summed E-state index contributed by atoms with van der Waals surface area (Å²) < 4.78 is 23.8. The molecule has 22 rings (SSSR count). The Morgan fingerprint density at radius 3 is 1.00 bits per heavy atom. The van der Waals surface area contributed by atoms with Gasteiger partial charge in [-0.25, -0.2) is 0 Å². The van der Waals surface area contributed by atoms with Gasteiger partial charge in [-0.2, -0.15) is 0 Å². The van der Waals surface area contributed by atoms with E-state index in [9.17, 15) is 0 Å². The van der Waals surface area contributed by atoms with Crippen LogP contribution >= 0.6 is 45.3 Å². The fourth-order valence-corrected chi connectivity index (χ4v) is 20.3. The number of anilines is 6. The average Bonchev–Trinajstić information content (AvgIpc) is 1.77. The highest BCUT2D eigenvalue weighted by atomic mass is 32.1. The van der Waals surface area contributed by atoms with Gasteiger partial charge in [0, 0.05) is 125 Å². The van der Waals surface area contributed by atoms with Gasteiger partial charge in [0.1, 0.15) is 11.2 Å². The van der Waals surface area contributed by atoms with Crippen LogP contribution in [0.4, 0.5) is 34.1 Å². The van der Waals surface area contributed by atoms with Crippen LogP contribution in [0.5, 0.6) is 0 Å². The number of thiophene rings is 4. The third-order valence-corrected chi connectivity index (χ3v) is 25.1. The maximum atomic E-state index is 6.65. The fraction of sp³-hybridized carbons (Fsp3) is 0. The van der Waals surface area contributed by atoms with Gasteiger partial charge in [-0.3, -0.25) is 0 Å². The number of hydrogen-bond acceptors (Lipinski definition) is 8. The van der Waals surface area contributed by atoms with Gasteiger partial charge in [-0.1, -0.05) is 224 Å². The average molecular weight is 1400 g/mol. The summed E-state index contributed by atoms with van der Waals surface area (Å²) in [5, 5.41) is 14.9. The fourth-order valence-electron chi connectivity index (χ4n) is 15.8. The molecule has 6 heterocycles. The number of furan rings is 2. The van der Waals surface area contributed by atoms with Crippen molar-refractivity contribution in [2.75, 3.05) is 9.80 Å². The number of nitrogens with zero attached hydrogens (tertiary/aromatic N) is 2. The maximum Gasteiger partial charge on any atom is 0.159 e.